The number of ether oxygens (including phenoxy) is 3. The van der Waals surface area contributed by atoms with Crippen LogP contribution in [0.2, 0.25) is 0 Å². The minimum absolute atomic E-state index is 0.00685. The normalized spacial score (nSPS) is 12.2. The van der Waals surface area contributed by atoms with E-state index in [0.717, 1.165) is 5.56 Å². The van der Waals surface area contributed by atoms with Crippen LogP contribution in [-0.4, -0.2) is 55.3 Å². The molecule has 0 aliphatic rings. The Morgan fingerprint density at radius 2 is 1.65 bits per heavy atom. The van der Waals surface area contributed by atoms with E-state index in [4.69, 9.17) is 20.1 Å². The first-order valence-electron chi connectivity index (χ1n) is 10.8. The van der Waals surface area contributed by atoms with Gasteiger partial charge < -0.3 is 25.4 Å². The first-order valence-corrected chi connectivity index (χ1v) is 10.8. The van der Waals surface area contributed by atoms with E-state index >= 15 is 0 Å². The van der Waals surface area contributed by atoms with Gasteiger partial charge in [-0.1, -0.05) is 12.1 Å². The van der Waals surface area contributed by atoms with Crippen LogP contribution in [0.5, 0.6) is 5.75 Å². The van der Waals surface area contributed by atoms with Gasteiger partial charge in [0.2, 0.25) is 0 Å². The number of hydrazone groups is 1. The van der Waals surface area contributed by atoms with Gasteiger partial charge in [-0.2, -0.15) is 5.10 Å². The number of nitrogens with one attached hydrogen (secondary N) is 1. The molecule has 0 saturated carbocycles. The number of amides is 1. The lowest BCUT2D eigenvalue weighted by molar-refractivity contribution is -0.145. The first kappa shape index (κ1) is 26.5. The molecular formula is C25H31N3O6. The number of ketones is 1. The summed E-state index contributed by atoms with van der Waals surface area (Å²) in [6.45, 7) is 7.34. The van der Waals surface area contributed by atoms with Crippen LogP contribution < -0.4 is 15.9 Å². The summed E-state index contributed by atoms with van der Waals surface area (Å²) in [5.74, 6) is 4.35. The zero-order valence-corrected chi connectivity index (χ0v) is 19.9. The molecule has 0 aliphatic heterocycles. The molecule has 9 heteroatoms. The first-order chi connectivity index (χ1) is 16.1. The van der Waals surface area contributed by atoms with Crippen LogP contribution in [0, 0.1) is 0 Å². The molecule has 2 aromatic rings. The third kappa shape index (κ3) is 8.67. The number of hydrogen-bond acceptors (Lipinski definition) is 8. The molecule has 0 radical (unpaired) electrons. The molecule has 0 aliphatic carbocycles. The van der Waals surface area contributed by atoms with Crippen molar-refractivity contribution in [3.63, 3.8) is 0 Å². The Labute approximate surface area is 199 Å². The number of nitrogens with zero attached hydrogens (tertiary/aromatic N) is 1. The van der Waals surface area contributed by atoms with Crippen molar-refractivity contribution in [1.29, 1.82) is 0 Å². The third-order valence-corrected chi connectivity index (χ3v) is 4.50. The number of nitrogens with two attached hydrogens (primary N) is 1. The molecule has 0 heterocycles. The minimum Gasteiger partial charge on any atom is -0.482 e. The molecule has 0 spiro atoms. The predicted molar refractivity (Wildman–Crippen MR) is 128 cm³/mol. The van der Waals surface area contributed by atoms with E-state index in [1.165, 1.54) is 6.21 Å². The maximum Gasteiger partial charge on any atom is 0.344 e. The highest BCUT2D eigenvalue weighted by Crippen LogP contribution is 2.16. The van der Waals surface area contributed by atoms with Gasteiger partial charge in [0.15, 0.2) is 12.4 Å². The van der Waals surface area contributed by atoms with Gasteiger partial charge in [-0.15, -0.1) is 0 Å². The summed E-state index contributed by atoms with van der Waals surface area (Å²) in [6.07, 6.45) is 1.46. The zero-order chi connectivity index (χ0) is 25.1. The molecule has 2 rings (SSSR count). The smallest absolute Gasteiger partial charge is 0.344 e. The van der Waals surface area contributed by atoms with Crippen LogP contribution in [0.25, 0.3) is 0 Å². The number of carbonyl (C=O) groups is 3. The van der Waals surface area contributed by atoms with Crippen LogP contribution in [0.15, 0.2) is 53.6 Å². The van der Waals surface area contributed by atoms with Gasteiger partial charge in [0.25, 0.3) is 5.91 Å². The molecule has 2 aromatic carbocycles. The lowest BCUT2D eigenvalue weighted by atomic mass is 10.0. The van der Waals surface area contributed by atoms with Gasteiger partial charge >= 0.3 is 5.97 Å². The topological polar surface area (TPSA) is 129 Å². The van der Waals surface area contributed by atoms with Gasteiger partial charge in [0.1, 0.15) is 11.8 Å². The second-order valence-electron chi connectivity index (χ2n) is 8.33. The van der Waals surface area contributed by atoms with E-state index < -0.39 is 23.5 Å². The van der Waals surface area contributed by atoms with E-state index in [9.17, 15) is 14.4 Å². The van der Waals surface area contributed by atoms with Crippen LogP contribution in [0.1, 0.15) is 54.0 Å². The SMILES string of the molecule is CCOC(=O)COc1ccc(C(=O)[C@H](COC(C)(C)C)NC(=O)c2ccc(C=NN)cc2)cc1. The molecule has 3 N–H and O–H groups in total. The lowest BCUT2D eigenvalue weighted by Gasteiger charge is -2.24. The summed E-state index contributed by atoms with van der Waals surface area (Å²) in [6, 6.07) is 12.0. The van der Waals surface area contributed by atoms with Gasteiger partial charge in [0, 0.05) is 11.1 Å². The van der Waals surface area contributed by atoms with E-state index in [-0.39, 0.29) is 25.6 Å². The number of carbonyl (C=O) groups excluding carboxylic acids is 3. The number of hydrogen-bond donors (Lipinski definition) is 2. The number of Topliss-reactive ketones (excluding diaryl/α,β-unsaturated/α-hetero) is 1. The molecule has 0 unspecified atom stereocenters. The van der Waals surface area contributed by atoms with E-state index in [0.29, 0.717) is 16.9 Å². The largest absolute Gasteiger partial charge is 0.482 e. The quantitative estimate of drug-likeness (QED) is 0.170. The highest BCUT2D eigenvalue weighted by atomic mass is 16.6. The van der Waals surface area contributed by atoms with Crippen molar-refractivity contribution < 1.29 is 28.6 Å². The molecule has 1 atom stereocenters. The Morgan fingerprint density at radius 3 is 2.21 bits per heavy atom. The van der Waals surface area contributed by atoms with Crippen molar-refractivity contribution in [2.24, 2.45) is 10.9 Å². The summed E-state index contributed by atoms with van der Waals surface area (Å²) in [5, 5.41) is 6.21. The predicted octanol–water partition coefficient (Wildman–Crippen LogP) is 2.72. The zero-order valence-electron chi connectivity index (χ0n) is 19.9. The van der Waals surface area contributed by atoms with Crippen LogP contribution in [0.3, 0.4) is 0 Å². The standard InChI is InChI=1S/C25H31N3O6/c1-5-32-22(29)16-33-20-12-10-18(11-13-20)23(30)21(15-34-25(2,3)4)28-24(31)19-8-6-17(7-9-19)14-27-26/h6-14,21H,5,15-16,26H2,1-4H3,(H,28,31)/t21-/m0/s1. The highest BCUT2D eigenvalue weighted by molar-refractivity contribution is 6.04. The molecule has 1 amide bonds. The van der Waals surface area contributed by atoms with Gasteiger partial charge in [-0.3, -0.25) is 9.59 Å². The Kier molecular flexibility index (Phi) is 9.76. The summed E-state index contributed by atoms with van der Waals surface area (Å²) in [7, 11) is 0. The summed E-state index contributed by atoms with van der Waals surface area (Å²) in [4.78, 5) is 37.4. The van der Waals surface area contributed by atoms with Gasteiger partial charge in [0.05, 0.1) is 25.0 Å². The molecule has 182 valence electrons. The van der Waals surface area contributed by atoms with Crippen LogP contribution >= 0.6 is 0 Å². The fourth-order valence-electron chi connectivity index (χ4n) is 2.83. The van der Waals surface area contributed by atoms with Gasteiger partial charge in [-0.05, 0) is 69.7 Å². The Balaban J connectivity index is 2.13. The molecule has 0 saturated heterocycles. The molecule has 0 aromatic heterocycles. The molecule has 9 nitrogen and oxygen atoms in total. The molecular weight excluding hydrogens is 438 g/mol. The number of rotatable bonds is 11. The van der Waals surface area contributed by atoms with Crippen molar-refractivity contribution in [3.05, 3.63) is 65.2 Å². The van der Waals surface area contributed by atoms with Crippen molar-refractivity contribution >= 4 is 23.9 Å². The lowest BCUT2D eigenvalue weighted by Crippen LogP contribution is -2.45. The monoisotopic (exact) mass is 469 g/mol. The fraction of sp³-hybridized carbons (Fsp3) is 0.360. The third-order valence-electron chi connectivity index (χ3n) is 4.50. The van der Waals surface area contributed by atoms with Crippen molar-refractivity contribution in [3.8, 4) is 5.75 Å². The van der Waals surface area contributed by atoms with E-state index in [2.05, 4.69) is 10.4 Å². The van der Waals surface area contributed by atoms with E-state index in [1.807, 2.05) is 20.8 Å². The molecule has 0 bridgehead atoms. The van der Waals surface area contributed by atoms with Crippen LogP contribution in [0.4, 0.5) is 0 Å². The maximum atomic E-state index is 13.2. The summed E-state index contributed by atoms with van der Waals surface area (Å²) in [5.41, 5.74) is 0.983. The van der Waals surface area contributed by atoms with Gasteiger partial charge in [-0.25, -0.2) is 4.79 Å². The molecule has 0 fully saturated rings. The van der Waals surface area contributed by atoms with Crippen molar-refractivity contribution in [1.82, 2.24) is 5.32 Å². The minimum atomic E-state index is -0.914. The summed E-state index contributed by atoms with van der Waals surface area (Å²) >= 11 is 0. The number of esters is 1. The highest BCUT2D eigenvalue weighted by Gasteiger charge is 2.25. The second kappa shape index (κ2) is 12.5. The average molecular weight is 470 g/mol. The second-order valence-corrected chi connectivity index (χ2v) is 8.33. The van der Waals surface area contributed by atoms with Crippen molar-refractivity contribution in [2.45, 2.75) is 39.3 Å². The van der Waals surface area contributed by atoms with E-state index in [1.54, 1.807) is 55.5 Å². The maximum absolute atomic E-state index is 13.2. The number of benzene rings is 2. The van der Waals surface area contributed by atoms with Crippen molar-refractivity contribution in [2.75, 3.05) is 19.8 Å². The Hall–Kier alpha value is -3.72. The average Bonchev–Trinajstić information content (AvgIpc) is 2.80. The Bertz CT molecular complexity index is 995. The Morgan fingerprint density at radius 1 is 1.03 bits per heavy atom. The summed E-state index contributed by atoms with van der Waals surface area (Å²) < 4.78 is 16.0. The molecule has 34 heavy (non-hydrogen) atoms. The van der Waals surface area contributed by atoms with Crippen LogP contribution in [-0.2, 0) is 14.3 Å². The fourth-order valence-corrected chi connectivity index (χ4v) is 2.83.